The van der Waals surface area contributed by atoms with Crippen molar-refractivity contribution in [1.82, 2.24) is 9.71 Å². The van der Waals surface area contributed by atoms with Crippen LogP contribution in [0.5, 0.6) is 5.75 Å². The highest BCUT2D eigenvalue weighted by Gasteiger charge is 2.14. The number of carbonyl (C=O) groups is 1. The minimum absolute atomic E-state index is 0.149. The maximum atomic E-state index is 12.6. The van der Waals surface area contributed by atoms with Gasteiger partial charge in [0.15, 0.2) is 0 Å². The van der Waals surface area contributed by atoms with E-state index in [1.54, 1.807) is 12.1 Å². The first-order chi connectivity index (χ1) is 15.9. The van der Waals surface area contributed by atoms with Crippen molar-refractivity contribution < 1.29 is 17.9 Å². The van der Waals surface area contributed by atoms with Crippen molar-refractivity contribution in [3.8, 4) is 5.75 Å². The van der Waals surface area contributed by atoms with E-state index in [-0.39, 0.29) is 17.3 Å². The largest absolute Gasteiger partial charge is 0.489 e. The second kappa shape index (κ2) is 9.89. The van der Waals surface area contributed by atoms with Gasteiger partial charge in [-0.2, -0.15) is 0 Å². The fraction of sp³-hybridized carbons (Fsp3) is 0.160. The first-order valence-corrected chi connectivity index (χ1v) is 12.0. The number of fused-ring (bicyclic) bond motifs is 1. The molecule has 0 spiro atoms. The van der Waals surface area contributed by atoms with E-state index in [4.69, 9.17) is 4.74 Å². The number of hydrogen-bond donors (Lipinski definition) is 3. The van der Waals surface area contributed by atoms with Gasteiger partial charge in [-0.25, -0.2) is 13.1 Å². The lowest BCUT2D eigenvalue weighted by molar-refractivity contribution is -0.114. The van der Waals surface area contributed by atoms with Crippen LogP contribution < -0.4 is 14.8 Å². The predicted molar refractivity (Wildman–Crippen MR) is 129 cm³/mol. The molecule has 8 heteroatoms. The molecule has 4 aromatic rings. The fourth-order valence-electron chi connectivity index (χ4n) is 3.53. The van der Waals surface area contributed by atoms with Crippen LogP contribution in [0.2, 0.25) is 0 Å². The van der Waals surface area contributed by atoms with Gasteiger partial charge in [-0.15, -0.1) is 0 Å². The van der Waals surface area contributed by atoms with Crippen molar-refractivity contribution in [2.24, 2.45) is 0 Å². The number of amides is 1. The zero-order valence-corrected chi connectivity index (χ0v) is 19.0. The molecule has 3 aromatic carbocycles. The van der Waals surface area contributed by atoms with Crippen LogP contribution in [0, 0.1) is 0 Å². The van der Waals surface area contributed by atoms with Gasteiger partial charge in [0.25, 0.3) is 0 Å². The van der Waals surface area contributed by atoms with Crippen LogP contribution in [0.15, 0.2) is 83.9 Å². The molecule has 0 aliphatic rings. The molecule has 7 nitrogen and oxygen atoms in total. The summed E-state index contributed by atoms with van der Waals surface area (Å²) >= 11 is 0. The molecule has 4 rings (SSSR count). The number of ether oxygens (including phenoxy) is 1. The van der Waals surface area contributed by atoms with Crippen molar-refractivity contribution in [2.75, 3.05) is 11.9 Å². The molecule has 1 amide bonds. The number of carbonyl (C=O) groups excluding carboxylic acids is 1. The Kier molecular flexibility index (Phi) is 6.76. The standard InChI is InChI=1S/C25H25N3O4S/c1-18(29)28-21-7-10-23(11-8-21)33(30,31)27-14-13-20-16-26-25-15-22(9-12-24(20)25)32-17-19-5-3-2-4-6-19/h2-12,15-16,26-27H,13-14,17H2,1H3,(H,28,29). The molecule has 1 aromatic heterocycles. The maximum absolute atomic E-state index is 12.6. The summed E-state index contributed by atoms with van der Waals surface area (Å²) in [7, 11) is -3.65. The summed E-state index contributed by atoms with van der Waals surface area (Å²) in [4.78, 5) is 14.5. The first-order valence-electron chi connectivity index (χ1n) is 10.5. The van der Waals surface area contributed by atoms with Gasteiger partial charge < -0.3 is 15.0 Å². The molecule has 0 aliphatic carbocycles. The van der Waals surface area contributed by atoms with Gasteiger partial charge in [-0.1, -0.05) is 30.3 Å². The molecule has 0 aliphatic heterocycles. The Morgan fingerprint density at radius 1 is 1.00 bits per heavy atom. The SMILES string of the molecule is CC(=O)Nc1ccc(S(=O)(=O)NCCc2c[nH]c3cc(OCc4ccccc4)ccc23)cc1. The van der Waals surface area contributed by atoms with E-state index >= 15 is 0 Å². The van der Waals surface area contributed by atoms with E-state index < -0.39 is 10.0 Å². The van der Waals surface area contributed by atoms with Gasteiger partial charge >= 0.3 is 0 Å². The number of sulfonamides is 1. The average Bonchev–Trinajstić information content (AvgIpc) is 3.20. The lowest BCUT2D eigenvalue weighted by Gasteiger charge is -2.08. The second-order valence-electron chi connectivity index (χ2n) is 7.65. The highest BCUT2D eigenvalue weighted by atomic mass is 32.2. The zero-order valence-electron chi connectivity index (χ0n) is 18.2. The lowest BCUT2D eigenvalue weighted by Crippen LogP contribution is -2.26. The van der Waals surface area contributed by atoms with Crippen molar-refractivity contribution in [3.63, 3.8) is 0 Å². The predicted octanol–water partition coefficient (Wildman–Crippen LogP) is 4.23. The normalized spacial score (nSPS) is 11.4. The molecule has 3 N–H and O–H groups in total. The number of aromatic nitrogens is 1. The molecule has 0 atom stereocenters. The van der Waals surface area contributed by atoms with E-state index in [1.165, 1.54) is 19.1 Å². The summed E-state index contributed by atoms with van der Waals surface area (Å²) in [5.74, 6) is 0.556. The van der Waals surface area contributed by atoms with Gasteiger partial charge in [0.05, 0.1) is 4.90 Å². The molecule has 0 saturated carbocycles. The van der Waals surface area contributed by atoms with Crippen LogP contribution in [-0.4, -0.2) is 25.9 Å². The summed E-state index contributed by atoms with van der Waals surface area (Å²) in [6.45, 7) is 2.15. The minimum Gasteiger partial charge on any atom is -0.489 e. The number of anilines is 1. The number of aromatic amines is 1. The minimum atomic E-state index is -3.65. The Hall–Kier alpha value is -3.62. The molecule has 170 valence electrons. The van der Waals surface area contributed by atoms with Gasteiger partial charge in [-0.3, -0.25) is 4.79 Å². The van der Waals surface area contributed by atoms with Gasteiger partial charge in [0.1, 0.15) is 12.4 Å². The van der Waals surface area contributed by atoms with Gasteiger partial charge in [0, 0.05) is 42.3 Å². The van der Waals surface area contributed by atoms with Crippen LogP contribution in [0.1, 0.15) is 18.1 Å². The maximum Gasteiger partial charge on any atom is 0.240 e. The Morgan fingerprint density at radius 3 is 2.48 bits per heavy atom. The Morgan fingerprint density at radius 2 is 1.76 bits per heavy atom. The van der Waals surface area contributed by atoms with E-state index in [0.29, 0.717) is 18.7 Å². The monoisotopic (exact) mass is 463 g/mol. The number of nitrogens with one attached hydrogen (secondary N) is 3. The van der Waals surface area contributed by atoms with E-state index in [9.17, 15) is 13.2 Å². The van der Waals surface area contributed by atoms with Crippen LogP contribution in [0.4, 0.5) is 5.69 Å². The molecule has 0 bridgehead atoms. The fourth-order valence-corrected chi connectivity index (χ4v) is 4.56. The smallest absolute Gasteiger partial charge is 0.240 e. The Labute approximate surface area is 192 Å². The van der Waals surface area contributed by atoms with E-state index in [2.05, 4.69) is 15.0 Å². The molecule has 0 saturated heterocycles. The molecular formula is C25H25N3O4S. The van der Waals surface area contributed by atoms with Crippen molar-refractivity contribution in [3.05, 3.63) is 90.1 Å². The summed E-state index contributed by atoms with van der Waals surface area (Å²) in [5.41, 5.74) is 3.60. The molecule has 33 heavy (non-hydrogen) atoms. The number of rotatable bonds is 9. The zero-order chi connectivity index (χ0) is 23.3. The third-order valence-corrected chi connectivity index (χ3v) is 6.64. The van der Waals surface area contributed by atoms with Crippen LogP contribution in [-0.2, 0) is 27.8 Å². The van der Waals surface area contributed by atoms with Crippen LogP contribution in [0.25, 0.3) is 10.9 Å². The molecule has 0 fully saturated rings. The highest BCUT2D eigenvalue weighted by molar-refractivity contribution is 7.89. The van der Waals surface area contributed by atoms with Crippen molar-refractivity contribution in [2.45, 2.75) is 24.8 Å². The van der Waals surface area contributed by atoms with Crippen LogP contribution in [0.3, 0.4) is 0 Å². The number of benzene rings is 3. The summed E-state index contributed by atoms with van der Waals surface area (Å²) in [5, 5.41) is 3.64. The Balaban J connectivity index is 1.35. The quantitative estimate of drug-likeness (QED) is 0.346. The second-order valence-corrected chi connectivity index (χ2v) is 9.42. The molecular weight excluding hydrogens is 438 g/mol. The van der Waals surface area contributed by atoms with Crippen LogP contribution >= 0.6 is 0 Å². The Bertz CT molecular complexity index is 1350. The first kappa shape index (κ1) is 22.6. The van der Waals surface area contributed by atoms with Crippen molar-refractivity contribution in [1.29, 1.82) is 0 Å². The number of H-pyrrole nitrogens is 1. The molecule has 0 unspecified atom stereocenters. The number of hydrogen-bond acceptors (Lipinski definition) is 4. The van der Waals surface area contributed by atoms with Gasteiger partial charge in [-0.05, 0) is 53.9 Å². The lowest BCUT2D eigenvalue weighted by atomic mass is 10.1. The average molecular weight is 464 g/mol. The van der Waals surface area contributed by atoms with Gasteiger partial charge in [0.2, 0.25) is 15.9 Å². The van der Waals surface area contributed by atoms with Crippen molar-refractivity contribution >= 4 is 32.5 Å². The molecule has 0 radical (unpaired) electrons. The summed E-state index contributed by atoms with van der Waals surface area (Å²) in [6, 6.07) is 21.9. The summed E-state index contributed by atoms with van der Waals surface area (Å²) < 4.78 is 33.7. The topological polar surface area (TPSA) is 100 Å². The third-order valence-electron chi connectivity index (χ3n) is 5.16. The summed E-state index contributed by atoms with van der Waals surface area (Å²) in [6.07, 6.45) is 2.43. The highest BCUT2D eigenvalue weighted by Crippen LogP contribution is 2.24. The van der Waals surface area contributed by atoms with E-state index in [1.807, 2.05) is 54.7 Å². The van der Waals surface area contributed by atoms with E-state index in [0.717, 1.165) is 27.8 Å². The molecule has 1 heterocycles. The third kappa shape index (κ3) is 5.79.